The van der Waals surface area contributed by atoms with E-state index < -0.39 is 5.97 Å². The van der Waals surface area contributed by atoms with Crippen molar-refractivity contribution in [3.05, 3.63) is 17.5 Å². The van der Waals surface area contributed by atoms with Crippen LogP contribution in [0, 0.1) is 12.8 Å². The fourth-order valence-corrected chi connectivity index (χ4v) is 3.12. The summed E-state index contributed by atoms with van der Waals surface area (Å²) >= 11 is 0. The van der Waals surface area contributed by atoms with Crippen LogP contribution in [0.2, 0.25) is 0 Å². The number of carbonyl (C=O) groups excluding carboxylic acids is 1. The van der Waals surface area contributed by atoms with Gasteiger partial charge in [0.1, 0.15) is 0 Å². The number of aryl methyl sites for hydroxylation is 1. The van der Waals surface area contributed by atoms with Gasteiger partial charge < -0.3 is 24.4 Å². The Morgan fingerprint density at radius 2 is 2.08 bits per heavy atom. The van der Waals surface area contributed by atoms with Crippen LogP contribution in [0.3, 0.4) is 0 Å². The molecular weight excluding hydrogens is 334 g/mol. The molecule has 3 heterocycles. The maximum absolute atomic E-state index is 12.6. The van der Waals surface area contributed by atoms with Crippen molar-refractivity contribution in [2.75, 3.05) is 39.4 Å². The lowest BCUT2D eigenvalue weighted by Crippen LogP contribution is -2.47. The van der Waals surface area contributed by atoms with E-state index in [0.29, 0.717) is 38.5 Å². The molecule has 25 heavy (non-hydrogen) atoms. The number of hydrogen-bond donors (Lipinski definition) is 2. The average molecular weight is 355 g/mol. The molecule has 2 atom stereocenters. The highest BCUT2D eigenvalue weighted by Gasteiger charge is 2.37. The summed E-state index contributed by atoms with van der Waals surface area (Å²) in [5, 5.41) is 19.6. The van der Waals surface area contributed by atoms with E-state index in [0.717, 1.165) is 0 Å². The minimum atomic E-state index is -0.857. The first kappa shape index (κ1) is 18.9. The largest absolute Gasteiger partial charge is 0.483 e. The molecule has 0 aliphatic carbocycles. The molecule has 138 valence electrons. The third-order valence-corrected chi connectivity index (χ3v) is 4.00. The number of ether oxygens (including phenoxy) is 1. The van der Waals surface area contributed by atoms with E-state index in [1.807, 2.05) is 4.90 Å². The summed E-state index contributed by atoms with van der Waals surface area (Å²) in [5.74, 6) is -0.752. The first-order valence-electron chi connectivity index (χ1n) is 7.78. The Morgan fingerprint density at radius 3 is 2.68 bits per heavy atom. The molecule has 2 N–H and O–H groups in total. The second kappa shape index (κ2) is 8.58. The number of amides is 1. The first-order valence-corrected chi connectivity index (χ1v) is 7.78. The van der Waals surface area contributed by atoms with Gasteiger partial charge in [-0.15, -0.1) is 0 Å². The second-order valence-corrected chi connectivity index (χ2v) is 6.04. The molecule has 2 bridgehead atoms. The Labute approximate surface area is 143 Å². The predicted molar refractivity (Wildman–Crippen MR) is 83.1 cm³/mol. The Balaban J connectivity index is 0.000000701. The van der Waals surface area contributed by atoms with E-state index in [9.17, 15) is 9.59 Å². The molecule has 0 aromatic carbocycles. The standard InChI is InChI=1S/C14H19N3O5.CH2O2/c1-9-2-12(22-15-9)14(20)17-4-10-3-16(6-13(18)19)5-11(17)8-21-7-10;2-1-3/h2,10-11H,3-8H2,1H3,(H,18,19);1H,(H,2,3)/t10-,11-;/m0./s1. The zero-order valence-electron chi connectivity index (χ0n) is 13.8. The minimum absolute atomic E-state index is 0.0174. The summed E-state index contributed by atoms with van der Waals surface area (Å²) in [6.07, 6.45) is 0. The zero-order chi connectivity index (χ0) is 18.4. The molecule has 10 nitrogen and oxygen atoms in total. The molecule has 0 spiro atoms. The van der Waals surface area contributed by atoms with Crippen molar-refractivity contribution >= 4 is 18.3 Å². The zero-order valence-corrected chi connectivity index (χ0v) is 13.8. The van der Waals surface area contributed by atoms with E-state index >= 15 is 0 Å². The van der Waals surface area contributed by atoms with Gasteiger partial charge in [-0.2, -0.15) is 0 Å². The van der Waals surface area contributed by atoms with E-state index in [-0.39, 0.29) is 36.6 Å². The molecule has 10 heteroatoms. The van der Waals surface area contributed by atoms with Gasteiger partial charge >= 0.3 is 5.97 Å². The number of aliphatic carboxylic acids is 1. The molecule has 1 aromatic rings. The van der Waals surface area contributed by atoms with Crippen LogP contribution in [0.15, 0.2) is 10.6 Å². The quantitative estimate of drug-likeness (QED) is 0.691. The van der Waals surface area contributed by atoms with Crippen LogP contribution in [0.1, 0.15) is 16.2 Å². The third-order valence-electron chi connectivity index (χ3n) is 4.00. The third kappa shape index (κ3) is 5.00. The highest BCUT2D eigenvalue weighted by atomic mass is 16.5. The van der Waals surface area contributed by atoms with Crippen LogP contribution in [-0.4, -0.2) is 89.0 Å². The van der Waals surface area contributed by atoms with Crippen molar-refractivity contribution in [1.29, 1.82) is 0 Å². The molecule has 0 unspecified atom stereocenters. The normalized spacial score (nSPS) is 23.2. The lowest BCUT2D eigenvalue weighted by Gasteiger charge is -2.29. The highest BCUT2D eigenvalue weighted by Crippen LogP contribution is 2.22. The molecule has 1 aromatic heterocycles. The van der Waals surface area contributed by atoms with Crippen molar-refractivity contribution in [2.45, 2.75) is 13.0 Å². The van der Waals surface area contributed by atoms with E-state index in [1.54, 1.807) is 17.9 Å². The number of rotatable bonds is 3. The maximum atomic E-state index is 12.6. The molecule has 2 fully saturated rings. The molecule has 2 saturated heterocycles. The maximum Gasteiger partial charge on any atom is 0.317 e. The molecule has 2 aliphatic rings. The van der Waals surface area contributed by atoms with Crippen LogP contribution in [-0.2, 0) is 14.3 Å². The van der Waals surface area contributed by atoms with Crippen LogP contribution in [0.5, 0.6) is 0 Å². The van der Waals surface area contributed by atoms with Gasteiger partial charge in [-0.25, -0.2) is 0 Å². The van der Waals surface area contributed by atoms with Gasteiger partial charge in [0.15, 0.2) is 0 Å². The van der Waals surface area contributed by atoms with Crippen molar-refractivity contribution in [2.24, 2.45) is 5.92 Å². The van der Waals surface area contributed by atoms with Gasteiger partial charge in [-0.1, -0.05) is 5.16 Å². The first-order chi connectivity index (χ1) is 11.9. The monoisotopic (exact) mass is 355 g/mol. The number of carboxylic acids is 1. The van der Waals surface area contributed by atoms with Crippen LogP contribution >= 0.6 is 0 Å². The number of nitrogens with zero attached hydrogens (tertiary/aromatic N) is 3. The minimum Gasteiger partial charge on any atom is -0.483 e. The summed E-state index contributed by atoms with van der Waals surface area (Å²) in [6, 6.07) is 1.44. The fourth-order valence-electron chi connectivity index (χ4n) is 3.12. The van der Waals surface area contributed by atoms with E-state index in [2.05, 4.69) is 5.16 Å². The lowest BCUT2D eigenvalue weighted by atomic mass is 10.1. The van der Waals surface area contributed by atoms with Crippen molar-refractivity contribution in [1.82, 2.24) is 15.0 Å². The van der Waals surface area contributed by atoms with E-state index in [4.69, 9.17) is 24.3 Å². The molecule has 1 amide bonds. The van der Waals surface area contributed by atoms with Crippen molar-refractivity contribution < 1.29 is 33.9 Å². The summed E-state index contributed by atoms with van der Waals surface area (Å²) < 4.78 is 10.7. The number of carboxylic acid groups (broad SMARTS) is 2. The molecule has 3 rings (SSSR count). The van der Waals surface area contributed by atoms with Crippen molar-refractivity contribution in [3.8, 4) is 0 Å². The Bertz CT molecular complexity index is 618. The average Bonchev–Trinajstić information content (AvgIpc) is 2.76. The topological polar surface area (TPSA) is 133 Å². The molecule has 2 aliphatic heterocycles. The SMILES string of the molecule is Cc1cc(C(=O)N2C[C@H]3COC[C@@H]2CN(CC(=O)O)C3)on1.O=CO. The summed E-state index contributed by atoms with van der Waals surface area (Å²) in [7, 11) is 0. The Kier molecular flexibility index (Phi) is 6.48. The van der Waals surface area contributed by atoms with Crippen LogP contribution < -0.4 is 0 Å². The smallest absolute Gasteiger partial charge is 0.317 e. The van der Waals surface area contributed by atoms with Gasteiger partial charge in [0, 0.05) is 31.6 Å². The van der Waals surface area contributed by atoms with Gasteiger partial charge in [0.05, 0.1) is 31.5 Å². The Morgan fingerprint density at radius 1 is 1.36 bits per heavy atom. The predicted octanol–water partition coefficient (Wildman–Crippen LogP) is -0.459. The molecule has 0 radical (unpaired) electrons. The number of carbonyl (C=O) groups is 3. The number of fused-ring (bicyclic) bond motifs is 3. The summed E-state index contributed by atoms with van der Waals surface area (Å²) in [4.78, 5) is 35.6. The van der Waals surface area contributed by atoms with Crippen LogP contribution in [0.4, 0.5) is 0 Å². The second-order valence-electron chi connectivity index (χ2n) is 6.04. The van der Waals surface area contributed by atoms with Gasteiger partial charge in [0.25, 0.3) is 12.4 Å². The lowest BCUT2D eigenvalue weighted by molar-refractivity contribution is -0.138. The summed E-state index contributed by atoms with van der Waals surface area (Å²) in [6.45, 7) is 4.08. The molecular formula is C15H21N3O7. The van der Waals surface area contributed by atoms with E-state index in [1.165, 1.54) is 0 Å². The van der Waals surface area contributed by atoms with Gasteiger partial charge in [-0.05, 0) is 6.92 Å². The number of hydrogen-bond acceptors (Lipinski definition) is 7. The summed E-state index contributed by atoms with van der Waals surface area (Å²) in [5.41, 5.74) is 0.657. The van der Waals surface area contributed by atoms with Gasteiger partial charge in [0.2, 0.25) is 5.76 Å². The van der Waals surface area contributed by atoms with Crippen molar-refractivity contribution in [3.63, 3.8) is 0 Å². The van der Waals surface area contributed by atoms with Gasteiger partial charge in [-0.3, -0.25) is 19.3 Å². The van der Waals surface area contributed by atoms with Crippen LogP contribution in [0.25, 0.3) is 0 Å². The molecule has 0 saturated carbocycles. The fraction of sp³-hybridized carbons (Fsp3) is 0.600. The Hall–Kier alpha value is -2.46. The number of aromatic nitrogens is 1. The highest BCUT2D eigenvalue weighted by molar-refractivity contribution is 5.91.